The Morgan fingerprint density at radius 3 is 2.69 bits per heavy atom. The fourth-order valence-electron chi connectivity index (χ4n) is 2.84. The highest BCUT2D eigenvalue weighted by molar-refractivity contribution is 5.76. The molecule has 1 aromatic carbocycles. The molecule has 0 amide bonds. The molecule has 0 atom stereocenters. The van der Waals surface area contributed by atoms with Crippen LogP contribution in [-0.2, 0) is 6.42 Å². The van der Waals surface area contributed by atoms with E-state index in [0.29, 0.717) is 16.8 Å². The van der Waals surface area contributed by atoms with Gasteiger partial charge in [0.15, 0.2) is 0 Å². The first kappa shape index (κ1) is 15.6. The molecule has 7 heteroatoms. The predicted octanol–water partition coefficient (Wildman–Crippen LogP) is 2.25. The molecule has 0 aliphatic carbocycles. The number of hydrogen-bond donors (Lipinski definition) is 2. The van der Waals surface area contributed by atoms with Gasteiger partial charge in [0.1, 0.15) is 5.65 Å². The zero-order valence-electron chi connectivity index (χ0n) is 13.5. The minimum Gasteiger partial charge on any atom is -0.493 e. The lowest BCUT2D eigenvalue weighted by atomic mass is 10.1. The van der Waals surface area contributed by atoms with Crippen LogP contribution in [0.15, 0.2) is 59.8 Å². The number of rotatable bonds is 3. The largest absolute Gasteiger partial charge is 0.493 e. The van der Waals surface area contributed by atoms with Gasteiger partial charge in [-0.2, -0.15) is 14.9 Å². The van der Waals surface area contributed by atoms with Crippen LogP contribution in [0.1, 0.15) is 16.7 Å². The molecule has 26 heavy (non-hydrogen) atoms. The minimum atomic E-state index is -0.384. The Balaban J connectivity index is 1.80. The number of nitriles is 1. The lowest BCUT2D eigenvalue weighted by molar-refractivity contribution is 0.428. The van der Waals surface area contributed by atoms with Crippen molar-refractivity contribution in [3.63, 3.8) is 0 Å². The molecular formula is C19H13N5O2. The fourth-order valence-corrected chi connectivity index (χ4v) is 2.84. The van der Waals surface area contributed by atoms with E-state index in [9.17, 15) is 9.90 Å². The summed E-state index contributed by atoms with van der Waals surface area (Å²) in [6.07, 6.45) is 5.13. The zero-order chi connectivity index (χ0) is 18.1. The van der Waals surface area contributed by atoms with Gasteiger partial charge in [0.25, 0.3) is 5.56 Å². The Hall–Kier alpha value is -3.92. The highest BCUT2D eigenvalue weighted by atomic mass is 16.3. The van der Waals surface area contributed by atoms with Crippen LogP contribution in [0.3, 0.4) is 0 Å². The summed E-state index contributed by atoms with van der Waals surface area (Å²) in [5, 5.41) is 23.6. The van der Waals surface area contributed by atoms with Crippen molar-refractivity contribution in [3.05, 3.63) is 82.0 Å². The van der Waals surface area contributed by atoms with Gasteiger partial charge in [-0.05, 0) is 23.8 Å². The van der Waals surface area contributed by atoms with Crippen LogP contribution >= 0.6 is 0 Å². The number of hydrogen-bond acceptors (Lipinski definition) is 5. The summed E-state index contributed by atoms with van der Waals surface area (Å²) in [6, 6.07) is 12.5. The second kappa shape index (κ2) is 6.18. The molecule has 2 N–H and O–H groups in total. The smallest absolute Gasteiger partial charge is 0.258 e. The topological polar surface area (TPSA) is 107 Å². The summed E-state index contributed by atoms with van der Waals surface area (Å²) in [4.78, 5) is 19.4. The summed E-state index contributed by atoms with van der Waals surface area (Å²) < 4.78 is 1.31. The van der Waals surface area contributed by atoms with Crippen LogP contribution in [0.4, 0.5) is 0 Å². The van der Waals surface area contributed by atoms with Crippen LogP contribution in [0.2, 0.25) is 0 Å². The molecule has 0 aliphatic heterocycles. The third-order valence-corrected chi connectivity index (χ3v) is 4.18. The highest BCUT2D eigenvalue weighted by Gasteiger charge is 2.17. The molecule has 4 rings (SSSR count). The molecule has 0 saturated heterocycles. The summed E-state index contributed by atoms with van der Waals surface area (Å²) >= 11 is 0. The molecule has 3 heterocycles. The van der Waals surface area contributed by atoms with Crippen molar-refractivity contribution < 1.29 is 5.11 Å². The van der Waals surface area contributed by atoms with E-state index < -0.39 is 0 Å². The van der Waals surface area contributed by atoms with E-state index in [2.05, 4.69) is 15.1 Å². The van der Waals surface area contributed by atoms with Crippen molar-refractivity contribution in [2.45, 2.75) is 6.42 Å². The average Bonchev–Trinajstić information content (AvgIpc) is 3.10. The third-order valence-electron chi connectivity index (χ3n) is 4.18. The van der Waals surface area contributed by atoms with E-state index in [4.69, 9.17) is 5.26 Å². The molecule has 0 fully saturated rings. The average molecular weight is 343 g/mol. The van der Waals surface area contributed by atoms with E-state index in [0.717, 1.165) is 11.1 Å². The number of aromatic nitrogens is 4. The lowest BCUT2D eigenvalue weighted by Crippen LogP contribution is -2.16. The van der Waals surface area contributed by atoms with Gasteiger partial charge in [0, 0.05) is 29.9 Å². The molecule has 126 valence electrons. The predicted molar refractivity (Wildman–Crippen MR) is 94.7 cm³/mol. The summed E-state index contributed by atoms with van der Waals surface area (Å²) in [6.45, 7) is 0. The van der Waals surface area contributed by atoms with Crippen molar-refractivity contribution in [2.24, 2.45) is 0 Å². The van der Waals surface area contributed by atoms with Crippen molar-refractivity contribution >= 4 is 5.65 Å². The number of H-pyrrole nitrogens is 1. The van der Waals surface area contributed by atoms with E-state index >= 15 is 0 Å². The van der Waals surface area contributed by atoms with Gasteiger partial charge in [-0.3, -0.25) is 9.78 Å². The fraction of sp³-hybridized carbons (Fsp3) is 0.0526. The Bertz CT molecular complexity index is 1190. The first-order valence-electron chi connectivity index (χ1n) is 7.88. The van der Waals surface area contributed by atoms with E-state index in [-0.39, 0.29) is 23.4 Å². The minimum absolute atomic E-state index is 0.205. The zero-order valence-corrected chi connectivity index (χ0v) is 13.5. The van der Waals surface area contributed by atoms with E-state index in [1.165, 1.54) is 4.52 Å². The first-order chi connectivity index (χ1) is 12.7. The number of fused-ring (bicyclic) bond motifs is 1. The number of nitrogens with one attached hydrogen (secondary N) is 1. The third kappa shape index (κ3) is 2.59. The van der Waals surface area contributed by atoms with E-state index in [1.54, 1.807) is 48.9 Å². The molecule has 0 radical (unpaired) electrons. The van der Waals surface area contributed by atoms with Crippen LogP contribution < -0.4 is 5.56 Å². The van der Waals surface area contributed by atoms with Gasteiger partial charge in [-0.25, -0.2) is 0 Å². The molecule has 0 saturated carbocycles. The van der Waals surface area contributed by atoms with Crippen LogP contribution in [-0.4, -0.2) is 24.7 Å². The van der Waals surface area contributed by atoms with Crippen LogP contribution in [0.25, 0.3) is 16.8 Å². The normalized spacial score (nSPS) is 10.7. The van der Waals surface area contributed by atoms with Gasteiger partial charge in [-0.15, -0.1) is 0 Å². The van der Waals surface area contributed by atoms with Crippen LogP contribution in [0.5, 0.6) is 5.88 Å². The molecule has 0 spiro atoms. The van der Waals surface area contributed by atoms with E-state index in [1.807, 2.05) is 12.1 Å². The second-order valence-corrected chi connectivity index (χ2v) is 5.80. The summed E-state index contributed by atoms with van der Waals surface area (Å²) in [5.74, 6) is -0.205. The molecule has 0 bridgehead atoms. The maximum atomic E-state index is 12.5. The monoisotopic (exact) mass is 343 g/mol. The quantitative estimate of drug-likeness (QED) is 0.593. The number of nitrogens with zero attached hydrogens (tertiary/aromatic N) is 4. The van der Waals surface area contributed by atoms with Gasteiger partial charge < -0.3 is 10.1 Å². The van der Waals surface area contributed by atoms with Gasteiger partial charge in [-0.1, -0.05) is 18.2 Å². The van der Waals surface area contributed by atoms with Crippen molar-refractivity contribution in [1.82, 2.24) is 19.6 Å². The number of aromatic amines is 1. The van der Waals surface area contributed by atoms with Gasteiger partial charge in [0.2, 0.25) is 5.88 Å². The maximum absolute atomic E-state index is 12.5. The van der Waals surface area contributed by atoms with Gasteiger partial charge in [0.05, 0.1) is 23.4 Å². The first-order valence-corrected chi connectivity index (χ1v) is 7.88. The Morgan fingerprint density at radius 1 is 1.19 bits per heavy atom. The standard InChI is InChI=1S/C19H13N5O2/c20-9-13-5-3-12(4-6-13)8-15-18(25)23-17-16(11-22-24(17)19(15)26)14-2-1-7-21-10-14/h1-7,10-11,26H,8H2,(H,23,25). The highest BCUT2D eigenvalue weighted by Crippen LogP contribution is 2.25. The second-order valence-electron chi connectivity index (χ2n) is 5.80. The molecule has 0 unspecified atom stereocenters. The Labute approximate surface area is 147 Å². The van der Waals surface area contributed by atoms with Gasteiger partial charge >= 0.3 is 0 Å². The lowest BCUT2D eigenvalue weighted by Gasteiger charge is -2.07. The maximum Gasteiger partial charge on any atom is 0.258 e. The van der Waals surface area contributed by atoms with Crippen LogP contribution in [0, 0.1) is 11.3 Å². The molecule has 0 aliphatic rings. The Morgan fingerprint density at radius 2 is 2.00 bits per heavy atom. The molecule has 4 aromatic rings. The molecular weight excluding hydrogens is 330 g/mol. The van der Waals surface area contributed by atoms with Crippen molar-refractivity contribution in [3.8, 4) is 23.1 Å². The molecule has 7 nitrogen and oxygen atoms in total. The van der Waals surface area contributed by atoms with Crippen molar-refractivity contribution in [1.29, 1.82) is 5.26 Å². The summed E-state index contributed by atoms with van der Waals surface area (Å²) in [7, 11) is 0. The summed E-state index contributed by atoms with van der Waals surface area (Å²) in [5.41, 5.74) is 3.05. The van der Waals surface area contributed by atoms with Crippen molar-refractivity contribution in [2.75, 3.05) is 0 Å². The number of pyridine rings is 1. The number of aromatic hydroxyl groups is 1. The number of benzene rings is 1. The molecule has 3 aromatic heterocycles. The Kier molecular flexibility index (Phi) is 3.71. The SMILES string of the molecule is N#Cc1ccc(Cc2c(O)n3ncc(-c4cccnc4)c3[nH]c2=O)cc1.